The molecule has 1 aromatic carbocycles. The minimum absolute atomic E-state index is 0.00657. The van der Waals surface area contributed by atoms with Gasteiger partial charge in [-0.15, -0.1) is 5.10 Å². The highest BCUT2D eigenvalue weighted by molar-refractivity contribution is 8.00. The van der Waals surface area contributed by atoms with Crippen LogP contribution in [-0.2, 0) is 4.79 Å². The average Bonchev–Trinajstić information content (AvgIpc) is 3.00. The van der Waals surface area contributed by atoms with Crippen LogP contribution in [0.2, 0.25) is 0 Å². The number of likely N-dealkylation sites (N-methyl/N-ethyl adjacent to an activating group) is 1. The van der Waals surface area contributed by atoms with E-state index >= 15 is 0 Å². The number of hydrogen-bond acceptors (Lipinski definition) is 5. The molecule has 0 aliphatic carbocycles. The number of amides is 1. The Bertz CT molecular complexity index is 920. The zero-order chi connectivity index (χ0) is 18.1. The molecule has 0 unspecified atom stereocenters. The summed E-state index contributed by atoms with van der Waals surface area (Å²) >= 11 is 1.35. The van der Waals surface area contributed by atoms with Crippen molar-refractivity contribution in [1.29, 1.82) is 0 Å². The number of rotatable bonds is 4. The quantitative estimate of drug-likeness (QED) is 0.673. The maximum atomic E-state index is 12.7. The molecule has 2 aromatic heterocycles. The topological polar surface area (TPSA) is 63.4 Å². The Balaban J connectivity index is 2.01. The minimum Gasteiger partial charge on any atom is -0.348 e. The molecule has 7 heteroatoms. The number of hydrogen-bond donors (Lipinski definition) is 0. The molecule has 6 nitrogen and oxygen atoms in total. The van der Waals surface area contributed by atoms with E-state index < -0.39 is 5.25 Å². The average molecular weight is 355 g/mol. The van der Waals surface area contributed by atoms with Crippen LogP contribution in [0.3, 0.4) is 0 Å². The van der Waals surface area contributed by atoms with Crippen LogP contribution in [-0.4, -0.2) is 44.5 Å². The number of fused-ring (bicyclic) bond motifs is 1. The van der Waals surface area contributed by atoms with Gasteiger partial charge in [-0.2, -0.15) is 4.98 Å². The molecule has 1 amide bonds. The fraction of sp³-hybridized carbons (Fsp3) is 0.333. The van der Waals surface area contributed by atoms with E-state index in [1.807, 2.05) is 51.1 Å². The van der Waals surface area contributed by atoms with Crippen molar-refractivity contribution >= 4 is 23.4 Å². The van der Waals surface area contributed by atoms with Gasteiger partial charge >= 0.3 is 0 Å². The van der Waals surface area contributed by atoms with Crippen molar-refractivity contribution in [2.75, 3.05) is 14.1 Å². The van der Waals surface area contributed by atoms with Gasteiger partial charge in [-0.05, 0) is 31.9 Å². The fourth-order valence-corrected chi connectivity index (χ4v) is 3.59. The largest absolute Gasteiger partial charge is 0.348 e. The zero-order valence-corrected chi connectivity index (χ0v) is 15.8. The number of nitrogens with zero attached hydrogens (tertiary/aromatic N) is 5. The molecule has 130 valence electrons. The molecule has 0 saturated heterocycles. The first-order valence-electron chi connectivity index (χ1n) is 8.02. The van der Waals surface area contributed by atoms with Gasteiger partial charge in [-0.3, -0.25) is 4.79 Å². The van der Waals surface area contributed by atoms with Gasteiger partial charge in [0.25, 0.3) is 5.78 Å². The van der Waals surface area contributed by atoms with E-state index in [1.165, 1.54) is 11.8 Å². The van der Waals surface area contributed by atoms with E-state index in [4.69, 9.17) is 0 Å². The van der Waals surface area contributed by atoms with Crippen molar-refractivity contribution < 1.29 is 4.79 Å². The molecule has 0 bridgehead atoms. The van der Waals surface area contributed by atoms with Crippen molar-refractivity contribution in [1.82, 2.24) is 24.5 Å². The van der Waals surface area contributed by atoms with Gasteiger partial charge in [0.15, 0.2) is 0 Å². The summed E-state index contributed by atoms with van der Waals surface area (Å²) in [7, 11) is 3.52. The summed E-state index contributed by atoms with van der Waals surface area (Å²) < 4.78 is 1.74. The smallest absolute Gasteiger partial charge is 0.253 e. The fourth-order valence-electron chi connectivity index (χ4n) is 2.52. The molecule has 0 spiro atoms. The second-order valence-corrected chi connectivity index (χ2v) is 7.23. The van der Waals surface area contributed by atoms with Gasteiger partial charge in [0.05, 0.1) is 0 Å². The predicted molar refractivity (Wildman–Crippen MR) is 98.7 cm³/mol. The Morgan fingerprint density at radius 1 is 1.12 bits per heavy atom. The molecular formula is C18H21N5OS. The Kier molecular flexibility index (Phi) is 4.76. The van der Waals surface area contributed by atoms with Crippen LogP contribution in [0.4, 0.5) is 0 Å². The van der Waals surface area contributed by atoms with Crippen LogP contribution < -0.4 is 0 Å². The van der Waals surface area contributed by atoms with Crippen molar-refractivity contribution in [3.05, 3.63) is 52.8 Å². The zero-order valence-electron chi connectivity index (χ0n) is 15.0. The second kappa shape index (κ2) is 6.84. The van der Waals surface area contributed by atoms with Crippen LogP contribution in [0.25, 0.3) is 5.78 Å². The van der Waals surface area contributed by atoms with Crippen LogP contribution in [0.1, 0.15) is 27.8 Å². The first-order chi connectivity index (χ1) is 11.9. The lowest BCUT2D eigenvalue weighted by Gasteiger charge is -2.19. The number of carbonyl (C=O) groups is 1. The summed E-state index contributed by atoms with van der Waals surface area (Å²) in [6.07, 6.45) is 0. The molecule has 0 fully saturated rings. The van der Waals surface area contributed by atoms with Crippen molar-refractivity contribution in [2.45, 2.75) is 31.2 Å². The van der Waals surface area contributed by atoms with Gasteiger partial charge < -0.3 is 4.90 Å². The van der Waals surface area contributed by atoms with Crippen molar-refractivity contribution in [2.24, 2.45) is 0 Å². The molecule has 3 rings (SSSR count). The number of aryl methyl sites for hydroxylation is 2. The standard InChI is InChI=1S/C18H21N5OS/c1-11-12(2)19-17-20-18(21-23(17)13(11)3)25-15(16(24)22(4)5)14-9-7-6-8-10-14/h6-10,15H,1-5H3/t15-/m0/s1. The van der Waals surface area contributed by atoms with E-state index in [-0.39, 0.29) is 5.91 Å². The van der Waals surface area contributed by atoms with E-state index in [9.17, 15) is 4.79 Å². The van der Waals surface area contributed by atoms with E-state index in [0.29, 0.717) is 10.9 Å². The van der Waals surface area contributed by atoms with Crippen LogP contribution in [0.15, 0.2) is 35.5 Å². The van der Waals surface area contributed by atoms with Gasteiger partial charge in [-0.1, -0.05) is 42.1 Å². The lowest BCUT2D eigenvalue weighted by molar-refractivity contribution is -0.128. The molecule has 0 radical (unpaired) electrons. The Morgan fingerprint density at radius 2 is 1.80 bits per heavy atom. The SMILES string of the molecule is Cc1nc2nc(S[C@H](C(=O)N(C)C)c3ccccc3)nn2c(C)c1C. The molecule has 0 aliphatic heterocycles. The molecule has 25 heavy (non-hydrogen) atoms. The third-order valence-electron chi connectivity index (χ3n) is 4.23. The third kappa shape index (κ3) is 3.37. The van der Waals surface area contributed by atoms with Gasteiger partial charge in [0, 0.05) is 25.5 Å². The van der Waals surface area contributed by atoms with Gasteiger partial charge in [0.2, 0.25) is 11.1 Å². The molecule has 0 saturated carbocycles. The summed E-state index contributed by atoms with van der Waals surface area (Å²) in [6.45, 7) is 5.99. The highest BCUT2D eigenvalue weighted by atomic mass is 32.2. The summed E-state index contributed by atoms with van der Waals surface area (Å²) in [4.78, 5) is 23.3. The molecule has 3 aromatic rings. The van der Waals surface area contributed by atoms with Crippen LogP contribution in [0, 0.1) is 20.8 Å². The summed E-state index contributed by atoms with van der Waals surface area (Å²) in [5.74, 6) is 0.569. The van der Waals surface area contributed by atoms with Crippen LogP contribution >= 0.6 is 11.8 Å². The summed E-state index contributed by atoms with van der Waals surface area (Å²) in [6, 6.07) is 9.70. The lowest BCUT2D eigenvalue weighted by atomic mass is 10.1. The Labute approximate surface area is 151 Å². The number of carbonyl (C=O) groups excluding carboxylic acids is 1. The highest BCUT2D eigenvalue weighted by Crippen LogP contribution is 2.35. The normalized spacial score (nSPS) is 12.4. The monoisotopic (exact) mass is 355 g/mol. The molecule has 0 aliphatic rings. The van der Waals surface area contributed by atoms with Crippen molar-refractivity contribution in [3.8, 4) is 0 Å². The second-order valence-electron chi connectivity index (χ2n) is 6.16. The van der Waals surface area contributed by atoms with Gasteiger partial charge in [-0.25, -0.2) is 9.50 Å². The summed E-state index contributed by atoms with van der Waals surface area (Å²) in [5.41, 5.74) is 3.98. The maximum absolute atomic E-state index is 12.7. The Morgan fingerprint density at radius 3 is 2.44 bits per heavy atom. The van der Waals surface area contributed by atoms with E-state index in [0.717, 1.165) is 22.5 Å². The number of aromatic nitrogens is 4. The predicted octanol–water partition coefficient (Wildman–Crippen LogP) is 2.97. The first kappa shape index (κ1) is 17.4. The summed E-state index contributed by atoms with van der Waals surface area (Å²) in [5, 5.41) is 4.71. The lowest BCUT2D eigenvalue weighted by Crippen LogP contribution is -2.26. The molecule has 1 atom stereocenters. The maximum Gasteiger partial charge on any atom is 0.253 e. The molecular weight excluding hydrogens is 334 g/mol. The van der Waals surface area contributed by atoms with Crippen molar-refractivity contribution in [3.63, 3.8) is 0 Å². The van der Waals surface area contributed by atoms with E-state index in [2.05, 4.69) is 15.1 Å². The molecule has 0 N–H and O–H groups in total. The minimum atomic E-state index is -0.392. The number of benzene rings is 1. The van der Waals surface area contributed by atoms with E-state index in [1.54, 1.807) is 23.5 Å². The third-order valence-corrected chi connectivity index (χ3v) is 5.33. The first-order valence-corrected chi connectivity index (χ1v) is 8.89. The van der Waals surface area contributed by atoms with Crippen LogP contribution in [0.5, 0.6) is 0 Å². The number of thioether (sulfide) groups is 1. The molecule has 2 heterocycles. The highest BCUT2D eigenvalue weighted by Gasteiger charge is 2.26. The van der Waals surface area contributed by atoms with Gasteiger partial charge in [0.1, 0.15) is 5.25 Å². The Hall–Kier alpha value is -2.41.